The summed E-state index contributed by atoms with van der Waals surface area (Å²) in [6.07, 6.45) is 0. The monoisotopic (exact) mass is 376 g/mol. The van der Waals surface area contributed by atoms with E-state index in [0.29, 0.717) is 22.0 Å². The van der Waals surface area contributed by atoms with E-state index in [1.165, 1.54) is 19.2 Å². The number of ether oxygens (including phenoxy) is 2. The number of anilines is 1. The van der Waals surface area contributed by atoms with Crippen molar-refractivity contribution in [2.24, 2.45) is 0 Å². The van der Waals surface area contributed by atoms with Crippen LogP contribution in [0.25, 0.3) is 0 Å². The van der Waals surface area contributed by atoms with Crippen molar-refractivity contribution in [3.63, 3.8) is 0 Å². The van der Waals surface area contributed by atoms with E-state index in [9.17, 15) is 14.4 Å². The highest BCUT2D eigenvalue weighted by Gasteiger charge is 2.08. The number of methoxy groups -OCH3 is 1. The molecule has 0 saturated heterocycles. The highest BCUT2D eigenvalue weighted by Crippen LogP contribution is 2.15. The Morgan fingerprint density at radius 2 is 1.62 bits per heavy atom. The molecule has 2 rings (SSSR count). The fourth-order valence-corrected chi connectivity index (χ4v) is 2.05. The number of hydrogen-bond donors (Lipinski definition) is 2. The molecule has 0 aliphatic carbocycles. The van der Waals surface area contributed by atoms with Gasteiger partial charge >= 0.3 is 5.97 Å². The molecular formula is C18H17ClN2O5. The number of rotatable bonds is 7. The van der Waals surface area contributed by atoms with Gasteiger partial charge in [0, 0.05) is 10.7 Å². The first-order valence-corrected chi connectivity index (χ1v) is 7.99. The molecule has 2 amide bonds. The van der Waals surface area contributed by atoms with Gasteiger partial charge in [-0.1, -0.05) is 11.6 Å². The Bertz CT molecular complexity index is 775. The number of benzene rings is 2. The van der Waals surface area contributed by atoms with Gasteiger partial charge in [0.15, 0.2) is 6.61 Å². The van der Waals surface area contributed by atoms with Gasteiger partial charge in [0.2, 0.25) is 5.91 Å². The molecule has 0 atom stereocenters. The SMILES string of the molecule is COC(=O)c1ccc(NC(=O)CNC(=O)COc2ccc(Cl)cc2)cc1. The van der Waals surface area contributed by atoms with Gasteiger partial charge in [0.25, 0.3) is 5.91 Å². The Morgan fingerprint density at radius 3 is 2.23 bits per heavy atom. The first-order chi connectivity index (χ1) is 12.5. The van der Waals surface area contributed by atoms with Crippen LogP contribution in [0.4, 0.5) is 5.69 Å². The summed E-state index contributed by atoms with van der Waals surface area (Å²) in [6, 6.07) is 12.8. The first-order valence-electron chi connectivity index (χ1n) is 7.61. The predicted molar refractivity (Wildman–Crippen MR) is 96.4 cm³/mol. The van der Waals surface area contributed by atoms with Crippen LogP contribution in [0.2, 0.25) is 5.02 Å². The average Bonchev–Trinajstić information content (AvgIpc) is 2.66. The topological polar surface area (TPSA) is 93.7 Å². The molecule has 8 heteroatoms. The summed E-state index contributed by atoms with van der Waals surface area (Å²) in [7, 11) is 1.29. The molecule has 136 valence electrons. The van der Waals surface area contributed by atoms with Gasteiger partial charge in [-0.15, -0.1) is 0 Å². The van der Waals surface area contributed by atoms with Gasteiger partial charge in [0.1, 0.15) is 5.75 Å². The lowest BCUT2D eigenvalue weighted by atomic mass is 10.2. The normalized spacial score (nSPS) is 9.92. The van der Waals surface area contributed by atoms with Crippen molar-refractivity contribution in [3.8, 4) is 5.75 Å². The second-order valence-electron chi connectivity index (χ2n) is 5.14. The smallest absolute Gasteiger partial charge is 0.337 e. The molecular weight excluding hydrogens is 360 g/mol. The van der Waals surface area contributed by atoms with E-state index < -0.39 is 17.8 Å². The van der Waals surface area contributed by atoms with Crippen molar-refractivity contribution in [3.05, 3.63) is 59.1 Å². The molecule has 0 bridgehead atoms. The van der Waals surface area contributed by atoms with Crippen LogP contribution in [0.5, 0.6) is 5.75 Å². The molecule has 0 fully saturated rings. The van der Waals surface area contributed by atoms with Crippen LogP contribution in [0.15, 0.2) is 48.5 Å². The third-order valence-corrected chi connectivity index (χ3v) is 3.47. The fraction of sp³-hybridized carbons (Fsp3) is 0.167. The van der Waals surface area contributed by atoms with Gasteiger partial charge in [-0.3, -0.25) is 9.59 Å². The number of amides is 2. The Hall–Kier alpha value is -3.06. The van der Waals surface area contributed by atoms with Gasteiger partial charge in [-0.05, 0) is 48.5 Å². The minimum atomic E-state index is -0.462. The molecule has 2 aromatic rings. The third kappa shape index (κ3) is 6.10. The molecule has 0 radical (unpaired) electrons. The average molecular weight is 377 g/mol. The molecule has 0 heterocycles. The lowest BCUT2D eigenvalue weighted by Gasteiger charge is -2.09. The summed E-state index contributed by atoms with van der Waals surface area (Å²) in [6.45, 7) is -0.426. The van der Waals surface area contributed by atoms with Crippen LogP contribution in [0.1, 0.15) is 10.4 Å². The maximum Gasteiger partial charge on any atom is 0.337 e. The number of nitrogens with one attached hydrogen (secondary N) is 2. The summed E-state index contributed by atoms with van der Waals surface area (Å²) in [5.74, 6) is -0.803. The Labute approximate surface area is 155 Å². The molecule has 0 aliphatic heterocycles. The van der Waals surface area contributed by atoms with Crippen molar-refractivity contribution in [1.82, 2.24) is 5.32 Å². The summed E-state index contributed by atoms with van der Waals surface area (Å²) in [5.41, 5.74) is 0.868. The molecule has 0 unspecified atom stereocenters. The third-order valence-electron chi connectivity index (χ3n) is 3.22. The van der Waals surface area contributed by atoms with Gasteiger partial charge < -0.3 is 20.1 Å². The van der Waals surface area contributed by atoms with E-state index in [2.05, 4.69) is 15.4 Å². The number of halogens is 1. The molecule has 0 aliphatic rings. The maximum absolute atomic E-state index is 11.8. The van der Waals surface area contributed by atoms with Crippen molar-refractivity contribution in [2.45, 2.75) is 0 Å². The number of carbonyl (C=O) groups excluding carboxylic acids is 3. The van der Waals surface area contributed by atoms with Crippen molar-refractivity contribution < 1.29 is 23.9 Å². The van der Waals surface area contributed by atoms with Crippen LogP contribution in [0, 0.1) is 0 Å². The predicted octanol–water partition coefficient (Wildman–Crippen LogP) is 2.26. The zero-order valence-corrected chi connectivity index (χ0v) is 14.7. The minimum Gasteiger partial charge on any atom is -0.484 e. The molecule has 26 heavy (non-hydrogen) atoms. The second-order valence-corrected chi connectivity index (χ2v) is 5.57. The lowest BCUT2D eigenvalue weighted by Crippen LogP contribution is -2.35. The second kappa shape index (κ2) is 9.43. The van der Waals surface area contributed by atoms with E-state index in [0.717, 1.165) is 0 Å². The highest BCUT2D eigenvalue weighted by molar-refractivity contribution is 6.30. The van der Waals surface area contributed by atoms with Crippen LogP contribution >= 0.6 is 11.6 Å². The minimum absolute atomic E-state index is 0.207. The van der Waals surface area contributed by atoms with E-state index >= 15 is 0 Å². The van der Waals surface area contributed by atoms with Crippen molar-refractivity contribution in [1.29, 1.82) is 0 Å². The van der Waals surface area contributed by atoms with Gasteiger partial charge in [-0.2, -0.15) is 0 Å². The van der Waals surface area contributed by atoms with Crippen molar-refractivity contribution >= 4 is 35.1 Å². The van der Waals surface area contributed by atoms with Crippen LogP contribution in [-0.4, -0.2) is 38.0 Å². The zero-order chi connectivity index (χ0) is 18.9. The quantitative estimate of drug-likeness (QED) is 0.723. The molecule has 2 aromatic carbocycles. The standard InChI is InChI=1S/C18H17ClN2O5/c1-25-18(24)12-2-6-14(7-3-12)21-16(22)10-20-17(23)11-26-15-8-4-13(19)5-9-15/h2-9H,10-11H2,1H3,(H,20,23)(H,21,22). The zero-order valence-electron chi connectivity index (χ0n) is 14.0. The van der Waals surface area contributed by atoms with Crippen LogP contribution in [0.3, 0.4) is 0 Å². The van der Waals surface area contributed by atoms with Gasteiger partial charge in [-0.25, -0.2) is 4.79 Å². The van der Waals surface area contributed by atoms with Crippen LogP contribution in [-0.2, 0) is 14.3 Å². The summed E-state index contributed by atoms with van der Waals surface area (Å²) >= 11 is 5.75. The van der Waals surface area contributed by atoms with Crippen molar-refractivity contribution in [2.75, 3.05) is 25.6 Å². The Morgan fingerprint density at radius 1 is 0.962 bits per heavy atom. The van der Waals surface area contributed by atoms with E-state index in [-0.39, 0.29) is 13.2 Å². The summed E-state index contributed by atoms with van der Waals surface area (Å²) < 4.78 is 9.86. The Kier molecular flexibility index (Phi) is 6.99. The fourth-order valence-electron chi connectivity index (χ4n) is 1.92. The first kappa shape index (κ1) is 19.3. The number of carbonyl (C=O) groups is 3. The van der Waals surface area contributed by atoms with E-state index in [1.807, 2.05) is 0 Å². The summed E-state index contributed by atoms with van der Waals surface area (Å²) in [4.78, 5) is 34.9. The molecule has 2 N–H and O–H groups in total. The van der Waals surface area contributed by atoms with Gasteiger partial charge in [0.05, 0.1) is 19.2 Å². The lowest BCUT2D eigenvalue weighted by molar-refractivity contribution is -0.125. The van der Waals surface area contributed by atoms with E-state index in [4.69, 9.17) is 16.3 Å². The number of hydrogen-bond acceptors (Lipinski definition) is 5. The summed E-state index contributed by atoms with van der Waals surface area (Å²) in [5, 5.41) is 5.61. The van der Waals surface area contributed by atoms with E-state index in [1.54, 1.807) is 36.4 Å². The number of esters is 1. The molecule has 0 aromatic heterocycles. The molecule has 0 spiro atoms. The van der Waals surface area contributed by atoms with Crippen LogP contribution < -0.4 is 15.4 Å². The Balaban J connectivity index is 1.73. The molecule has 0 saturated carbocycles. The largest absolute Gasteiger partial charge is 0.484 e. The highest BCUT2D eigenvalue weighted by atomic mass is 35.5. The maximum atomic E-state index is 11.8. The molecule has 7 nitrogen and oxygen atoms in total.